The Balaban J connectivity index is 1.37. The third-order valence-electron chi connectivity index (χ3n) is 6.24. The van der Waals surface area contributed by atoms with Crippen LogP contribution in [0.5, 0.6) is 11.5 Å². The van der Waals surface area contributed by atoms with Gasteiger partial charge in [-0.3, -0.25) is 14.5 Å². The second-order valence-electron chi connectivity index (χ2n) is 9.45. The summed E-state index contributed by atoms with van der Waals surface area (Å²) in [4.78, 5) is 29.0. The van der Waals surface area contributed by atoms with Crippen molar-refractivity contribution in [3.8, 4) is 11.5 Å². The van der Waals surface area contributed by atoms with Gasteiger partial charge in [-0.2, -0.15) is 4.72 Å². The predicted molar refractivity (Wildman–Crippen MR) is 125 cm³/mol. The summed E-state index contributed by atoms with van der Waals surface area (Å²) >= 11 is 0. The van der Waals surface area contributed by atoms with E-state index >= 15 is 0 Å². The molecule has 0 bridgehead atoms. The molecule has 10 nitrogen and oxygen atoms in total. The van der Waals surface area contributed by atoms with Gasteiger partial charge in [0, 0.05) is 44.7 Å². The van der Waals surface area contributed by atoms with Crippen LogP contribution in [0.3, 0.4) is 0 Å². The molecule has 1 saturated carbocycles. The molecule has 2 heterocycles. The first-order valence-electron chi connectivity index (χ1n) is 12.0. The smallest absolute Gasteiger partial charge is 0.241 e. The van der Waals surface area contributed by atoms with Gasteiger partial charge in [0.1, 0.15) is 6.04 Å². The predicted octanol–water partition coefficient (Wildman–Crippen LogP) is 0.574. The fourth-order valence-corrected chi connectivity index (χ4v) is 5.40. The van der Waals surface area contributed by atoms with Crippen LogP contribution in [-0.4, -0.2) is 88.1 Å². The highest BCUT2D eigenvalue weighted by atomic mass is 32.2. The standard InChI is InChI=1S/C23H34N4O6S/c1-16(2)22(23(29)27-10-8-26(9-11-27)15-21(28)24-17-4-5-17)25-34(30,31)18-6-7-19-20(14-18)33-13-3-12-32-19/h6-7,14,16-17,22,25H,3-5,8-13,15H2,1-2H3,(H,24,28). The Hall–Kier alpha value is -2.37. The molecule has 188 valence electrons. The number of nitrogens with zero attached hydrogens (tertiary/aromatic N) is 2. The number of benzene rings is 1. The highest BCUT2D eigenvalue weighted by Crippen LogP contribution is 2.32. The third kappa shape index (κ3) is 6.19. The minimum absolute atomic E-state index is 0.0187. The monoisotopic (exact) mass is 494 g/mol. The SMILES string of the molecule is CC(C)C(NS(=O)(=O)c1ccc2c(c1)OCCCO2)C(=O)N1CCN(CC(=O)NC2CC2)CC1. The van der Waals surface area contributed by atoms with Crippen LogP contribution in [0.4, 0.5) is 0 Å². The minimum Gasteiger partial charge on any atom is -0.490 e. The second kappa shape index (κ2) is 10.5. The molecular weight excluding hydrogens is 460 g/mol. The van der Waals surface area contributed by atoms with Crippen molar-refractivity contribution in [3.63, 3.8) is 0 Å². The molecule has 2 aliphatic heterocycles. The summed E-state index contributed by atoms with van der Waals surface area (Å²) in [5, 5.41) is 2.98. The Morgan fingerprint density at radius 3 is 2.38 bits per heavy atom. The number of fused-ring (bicyclic) bond motifs is 1. The van der Waals surface area contributed by atoms with Crippen molar-refractivity contribution < 1.29 is 27.5 Å². The van der Waals surface area contributed by atoms with E-state index in [2.05, 4.69) is 10.0 Å². The topological polar surface area (TPSA) is 117 Å². The summed E-state index contributed by atoms with van der Waals surface area (Å²) in [7, 11) is -3.96. The molecule has 1 saturated heterocycles. The molecule has 1 aromatic carbocycles. The summed E-state index contributed by atoms with van der Waals surface area (Å²) in [6.45, 7) is 6.96. The minimum atomic E-state index is -3.96. The fraction of sp³-hybridized carbons (Fsp3) is 0.652. The van der Waals surface area contributed by atoms with E-state index in [1.807, 2.05) is 18.7 Å². The molecule has 0 spiro atoms. The first-order valence-corrected chi connectivity index (χ1v) is 13.4. The van der Waals surface area contributed by atoms with Crippen LogP contribution in [0.25, 0.3) is 0 Å². The zero-order valence-electron chi connectivity index (χ0n) is 19.8. The van der Waals surface area contributed by atoms with Gasteiger partial charge in [-0.15, -0.1) is 0 Å². The molecule has 2 amide bonds. The zero-order valence-corrected chi connectivity index (χ0v) is 20.6. The quantitative estimate of drug-likeness (QED) is 0.543. The summed E-state index contributed by atoms with van der Waals surface area (Å²) < 4.78 is 40.1. The van der Waals surface area contributed by atoms with Crippen molar-refractivity contribution in [1.82, 2.24) is 19.8 Å². The highest BCUT2D eigenvalue weighted by Gasteiger charge is 2.34. The molecular formula is C23H34N4O6S. The van der Waals surface area contributed by atoms with Crippen molar-refractivity contribution >= 4 is 21.8 Å². The lowest BCUT2D eigenvalue weighted by atomic mass is 10.0. The second-order valence-corrected chi connectivity index (χ2v) is 11.2. The largest absolute Gasteiger partial charge is 0.490 e. The normalized spacial score (nSPS) is 20.0. The number of carbonyl (C=O) groups excluding carboxylic acids is 2. The van der Waals surface area contributed by atoms with E-state index in [1.54, 1.807) is 11.0 Å². The number of hydrogen-bond acceptors (Lipinski definition) is 7. The number of rotatable bonds is 8. The first kappa shape index (κ1) is 24.7. The number of piperazine rings is 1. The van der Waals surface area contributed by atoms with Gasteiger partial charge < -0.3 is 19.7 Å². The number of carbonyl (C=O) groups is 2. The Morgan fingerprint density at radius 2 is 1.74 bits per heavy atom. The van der Waals surface area contributed by atoms with E-state index < -0.39 is 16.1 Å². The van der Waals surface area contributed by atoms with Gasteiger partial charge in [0.25, 0.3) is 0 Å². The van der Waals surface area contributed by atoms with E-state index in [0.29, 0.717) is 63.5 Å². The van der Waals surface area contributed by atoms with E-state index in [9.17, 15) is 18.0 Å². The number of nitrogens with one attached hydrogen (secondary N) is 2. The molecule has 0 aromatic heterocycles. The Kier molecular flexibility index (Phi) is 7.63. The lowest BCUT2D eigenvalue weighted by Crippen LogP contribution is -2.57. The van der Waals surface area contributed by atoms with E-state index in [-0.39, 0.29) is 22.6 Å². The van der Waals surface area contributed by atoms with Crippen molar-refractivity contribution in [1.29, 1.82) is 0 Å². The van der Waals surface area contributed by atoms with Crippen LogP contribution >= 0.6 is 0 Å². The van der Waals surface area contributed by atoms with Crippen molar-refractivity contribution in [2.24, 2.45) is 5.92 Å². The Labute approximate surface area is 201 Å². The van der Waals surface area contributed by atoms with Crippen LogP contribution in [0, 0.1) is 5.92 Å². The van der Waals surface area contributed by atoms with Gasteiger partial charge in [-0.25, -0.2) is 8.42 Å². The zero-order chi connectivity index (χ0) is 24.3. The number of sulfonamides is 1. The number of amides is 2. The molecule has 3 aliphatic rings. The van der Waals surface area contributed by atoms with E-state index in [4.69, 9.17) is 9.47 Å². The Bertz CT molecular complexity index is 1000. The maximum Gasteiger partial charge on any atom is 0.241 e. The van der Waals surface area contributed by atoms with Crippen molar-refractivity contribution in [2.45, 2.75) is 50.1 Å². The van der Waals surface area contributed by atoms with Gasteiger partial charge >= 0.3 is 0 Å². The number of hydrogen-bond donors (Lipinski definition) is 2. The molecule has 1 aliphatic carbocycles. The highest BCUT2D eigenvalue weighted by molar-refractivity contribution is 7.89. The molecule has 4 rings (SSSR count). The maximum absolute atomic E-state index is 13.3. The molecule has 1 unspecified atom stereocenters. The van der Waals surface area contributed by atoms with Gasteiger partial charge in [-0.05, 0) is 30.9 Å². The molecule has 11 heteroatoms. The molecule has 1 atom stereocenters. The summed E-state index contributed by atoms with van der Waals surface area (Å²) in [5.41, 5.74) is 0. The lowest BCUT2D eigenvalue weighted by molar-refractivity contribution is -0.136. The number of ether oxygens (including phenoxy) is 2. The van der Waals surface area contributed by atoms with Crippen LogP contribution in [0.2, 0.25) is 0 Å². The van der Waals surface area contributed by atoms with Crippen LogP contribution in [-0.2, 0) is 19.6 Å². The lowest BCUT2D eigenvalue weighted by Gasteiger charge is -2.37. The molecule has 0 radical (unpaired) electrons. The maximum atomic E-state index is 13.3. The average molecular weight is 495 g/mol. The van der Waals surface area contributed by atoms with Gasteiger partial charge in [0.05, 0.1) is 24.7 Å². The molecule has 2 N–H and O–H groups in total. The molecule has 34 heavy (non-hydrogen) atoms. The summed E-state index contributed by atoms with van der Waals surface area (Å²) in [5.74, 6) is 0.413. The first-order chi connectivity index (χ1) is 16.2. The average Bonchev–Trinajstić information content (AvgIpc) is 3.63. The van der Waals surface area contributed by atoms with Gasteiger partial charge in [0.2, 0.25) is 21.8 Å². The van der Waals surface area contributed by atoms with Crippen LogP contribution in [0.1, 0.15) is 33.1 Å². The van der Waals surface area contributed by atoms with E-state index in [1.165, 1.54) is 12.1 Å². The molecule has 1 aromatic rings. The van der Waals surface area contributed by atoms with Gasteiger partial charge in [0.15, 0.2) is 11.5 Å². The summed E-state index contributed by atoms with van der Waals surface area (Å²) in [6.07, 6.45) is 2.82. The van der Waals surface area contributed by atoms with Crippen molar-refractivity contribution in [2.75, 3.05) is 45.9 Å². The molecule has 2 fully saturated rings. The third-order valence-corrected chi connectivity index (χ3v) is 7.68. The van der Waals surface area contributed by atoms with Crippen LogP contribution in [0.15, 0.2) is 23.1 Å². The van der Waals surface area contributed by atoms with Crippen LogP contribution < -0.4 is 19.5 Å². The van der Waals surface area contributed by atoms with Crippen molar-refractivity contribution in [3.05, 3.63) is 18.2 Å². The fourth-order valence-electron chi connectivity index (χ4n) is 4.04. The Morgan fingerprint density at radius 1 is 1.06 bits per heavy atom. The summed E-state index contributed by atoms with van der Waals surface area (Å²) in [6, 6.07) is 3.92. The van der Waals surface area contributed by atoms with E-state index in [0.717, 1.165) is 19.3 Å². The van der Waals surface area contributed by atoms with Gasteiger partial charge in [-0.1, -0.05) is 13.8 Å².